The molecule has 1 aromatic carbocycles. The number of para-hydroxylation sites is 1. The van der Waals surface area contributed by atoms with Gasteiger partial charge < -0.3 is 4.74 Å². The zero-order chi connectivity index (χ0) is 19.4. The maximum atomic E-state index is 12.0. The molecule has 0 atom stereocenters. The van der Waals surface area contributed by atoms with Gasteiger partial charge in [-0.2, -0.15) is 5.10 Å². The van der Waals surface area contributed by atoms with E-state index < -0.39 is 5.97 Å². The molecule has 0 saturated heterocycles. The monoisotopic (exact) mass is 444 g/mol. The highest BCUT2D eigenvalue weighted by Gasteiger charge is 2.13. The maximum Gasteiger partial charge on any atom is 0.331 e. The Hall–Kier alpha value is -2.51. The zero-order valence-electron chi connectivity index (χ0n) is 14.8. The van der Waals surface area contributed by atoms with Crippen molar-refractivity contribution < 1.29 is 14.3 Å². The fraction of sp³-hybridized carbons (Fsp3) is 0.150. The van der Waals surface area contributed by atoms with Gasteiger partial charge in [-0.25, -0.2) is 9.48 Å². The Bertz CT molecular complexity index is 1010. The summed E-state index contributed by atoms with van der Waals surface area (Å²) in [4.78, 5) is 24.5. The Labute approximate surface area is 169 Å². The Morgan fingerprint density at radius 3 is 2.59 bits per heavy atom. The lowest BCUT2D eigenvalue weighted by Crippen LogP contribution is -2.11. The number of hydrogen-bond donors (Lipinski definition) is 0. The van der Waals surface area contributed by atoms with Crippen LogP contribution in [0.2, 0.25) is 0 Å². The number of esters is 1. The number of benzene rings is 1. The number of carbonyl (C=O) groups is 2. The number of ether oxygens (including phenoxy) is 1. The first-order chi connectivity index (χ1) is 13.0. The lowest BCUT2D eigenvalue weighted by atomic mass is 10.2. The molecule has 0 unspecified atom stereocenters. The van der Waals surface area contributed by atoms with E-state index in [-0.39, 0.29) is 12.4 Å². The van der Waals surface area contributed by atoms with Crippen molar-refractivity contribution in [2.24, 2.45) is 0 Å². The van der Waals surface area contributed by atoms with E-state index in [1.807, 2.05) is 48.9 Å². The molecule has 0 aliphatic carbocycles. The number of nitrogens with zero attached hydrogens (tertiary/aromatic N) is 2. The van der Waals surface area contributed by atoms with Crippen molar-refractivity contribution in [2.75, 3.05) is 6.61 Å². The van der Waals surface area contributed by atoms with Crippen LogP contribution in [0.25, 0.3) is 11.8 Å². The summed E-state index contributed by atoms with van der Waals surface area (Å²) in [6.07, 6.45) is 3.00. The number of Topliss-reactive ketones (excluding diaryl/α,β-unsaturated/α-hetero) is 1. The minimum absolute atomic E-state index is 0.225. The van der Waals surface area contributed by atoms with Gasteiger partial charge in [0.05, 0.1) is 20.0 Å². The molecule has 2 aromatic heterocycles. The van der Waals surface area contributed by atoms with Crippen molar-refractivity contribution in [3.8, 4) is 5.69 Å². The van der Waals surface area contributed by atoms with Crippen molar-refractivity contribution in [3.63, 3.8) is 0 Å². The molecule has 7 heteroatoms. The van der Waals surface area contributed by atoms with Gasteiger partial charge in [0.2, 0.25) is 5.78 Å². The van der Waals surface area contributed by atoms with E-state index in [2.05, 4.69) is 21.0 Å². The summed E-state index contributed by atoms with van der Waals surface area (Å²) in [5.41, 5.74) is 3.53. The molecule has 2 heterocycles. The first-order valence-electron chi connectivity index (χ1n) is 8.20. The molecule has 138 valence electrons. The van der Waals surface area contributed by atoms with E-state index in [4.69, 9.17) is 4.74 Å². The van der Waals surface area contributed by atoms with Crippen LogP contribution in [0.5, 0.6) is 0 Å². The molecule has 0 N–H and O–H groups in total. The second-order valence-corrected chi connectivity index (χ2v) is 8.26. The first kappa shape index (κ1) is 19.3. The Morgan fingerprint density at radius 2 is 1.93 bits per heavy atom. The van der Waals surface area contributed by atoms with Crippen molar-refractivity contribution in [1.29, 1.82) is 0 Å². The minimum Gasteiger partial charge on any atom is -0.454 e. The van der Waals surface area contributed by atoms with E-state index in [1.54, 1.807) is 18.2 Å². The lowest BCUT2D eigenvalue weighted by molar-refractivity contribution is -0.136. The second kappa shape index (κ2) is 8.45. The number of thiophene rings is 1. The fourth-order valence-corrected chi connectivity index (χ4v) is 3.90. The van der Waals surface area contributed by atoms with Crippen LogP contribution in [0.1, 0.15) is 26.6 Å². The average Bonchev–Trinajstić information content (AvgIpc) is 3.22. The van der Waals surface area contributed by atoms with Gasteiger partial charge in [0.25, 0.3) is 0 Å². The summed E-state index contributed by atoms with van der Waals surface area (Å²) in [7, 11) is 0. The van der Waals surface area contributed by atoms with Gasteiger partial charge in [-0.05, 0) is 60.1 Å². The van der Waals surface area contributed by atoms with Crippen LogP contribution in [0.3, 0.4) is 0 Å². The third-order valence-electron chi connectivity index (χ3n) is 3.93. The van der Waals surface area contributed by atoms with Crippen LogP contribution in [0.4, 0.5) is 0 Å². The van der Waals surface area contributed by atoms with E-state index in [9.17, 15) is 9.59 Å². The van der Waals surface area contributed by atoms with Gasteiger partial charge in [-0.15, -0.1) is 11.3 Å². The number of aryl methyl sites for hydroxylation is 1. The van der Waals surface area contributed by atoms with Gasteiger partial charge in [0, 0.05) is 17.3 Å². The van der Waals surface area contributed by atoms with Crippen LogP contribution < -0.4 is 0 Å². The van der Waals surface area contributed by atoms with Crippen molar-refractivity contribution in [3.05, 3.63) is 74.2 Å². The molecular weight excluding hydrogens is 428 g/mol. The number of carbonyl (C=O) groups excluding carboxylic acids is 2. The van der Waals surface area contributed by atoms with Gasteiger partial charge in [0.15, 0.2) is 6.61 Å². The van der Waals surface area contributed by atoms with E-state index in [0.717, 1.165) is 26.4 Å². The van der Waals surface area contributed by atoms with E-state index >= 15 is 0 Å². The van der Waals surface area contributed by atoms with E-state index in [1.165, 1.54) is 17.4 Å². The van der Waals surface area contributed by atoms with Gasteiger partial charge >= 0.3 is 5.97 Å². The average molecular weight is 445 g/mol. The Kier molecular flexibility index (Phi) is 6.03. The minimum atomic E-state index is -0.565. The molecule has 0 aliphatic heterocycles. The molecule has 5 nitrogen and oxygen atoms in total. The predicted octanol–water partition coefficient (Wildman–Crippen LogP) is 4.75. The molecule has 3 aromatic rings. The number of aromatic nitrogens is 2. The summed E-state index contributed by atoms with van der Waals surface area (Å²) < 4.78 is 7.74. The molecule has 0 amide bonds. The maximum absolute atomic E-state index is 12.0. The normalized spacial score (nSPS) is 11.1. The van der Waals surface area contributed by atoms with E-state index in [0.29, 0.717) is 4.88 Å². The van der Waals surface area contributed by atoms with Gasteiger partial charge in [-0.1, -0.05) is 18.2 Å². The zero-order valence-corrected chi connectivity index (χ0v) is 17.2. The van der Waals surface area contributed by atoms with Gasteiger partial charge in [-0.3, -0.25) is 4.79 Å². The highest BCUT2D eigenvalue weighted by Crippen LogP contribution is 2.22. The summed E-state index contributed by atoms with van der Waals surface area (Å²) >= 11 is 4.61. The molecule has 0 aliphatic rings. The quantitative estimate of drug-likeness (QED) is 0.312. The molecule has 3 rings (SSSR count). The highest BCUT2D eigenvalue weighted by atomic mass is 79.9. The summed E-state index contributed by atoms with van der Waals surface area (Å²) in [5, 5.41) is 4.53. The summed E-state index contributed by atoms with van der Waals surface area (Å²) in [6, 6.07) is 13.3. The van der Waals surface area contributed by atoms with Crippen molar-refractivity contribution in [1.82, 2.24) is 9.78 Å². The number of hydrogen-bond acceptors (Lipinski definition) is 5. The second-order valence-electron chi connectivity index (χ2n) is 5.80. The molecule has 0 bridgehead atoms. The van der Waals surface area contributed by atoms with Crippen molar-refractivity contribution in [2.45, 2.75) is 13.8 Å². The van der Waals surface area contributed by atoms with Crippen LogP contribution in [0, 0.1) is 13.8 Å². The Balaban J connectivity index is 1.66. The standard InChI is InChI=1S/C20H17BrN2O3S/c1-13-16(14(2)23(22-13)15-6-4-3-5-7-15)8-11-20(25)26-12-17(24)18-9-10-19(21)27-18/h3-11H,12H2,1-2H3. The predicted molar refractivity (Wildman–Crippen MR) is 109 cm³/mol. The smallest absolute Gasteiger partial charge is 0.331 e. The van der Waals surface area contributed by atoms with Crippen LogP contribution >= 0.6 is 27.3 Å². The SMILES string of the molecule is Cc1nn(-c2ccccc2)c(C)c1C=CC(=O)OCC(=O)c1ccc(Br)s1. The van der Waals surface area contributed by atoms with Crippen molar-refractivity contribution >= 4 is 45.1 Å². The van der Waals surface area contributed by atoms with Gasteiger partial charge in [0.1, 0.15) is 0 Å². The third kappa shape index (κ3) is 4.61. The topological polar surface area (TPSA) is 61.2 Å². The molecule has 0 radical (unpaired) electrons. The van der Waals surface area contributed by atoms with Crippen LogP contribution in [-0.2, 0) is 9.53 Å². The molecule has 0 fully saturated rings. The van der Waals surface area contributed by atoms with Crippen LogP contribution in [-0.4, -0.2) is 28.1 Å². The first-order valence-corrected chi connectivity index (χ1v) is 9.81. The molecular formula is C20H17BrN2O3S. The molecule has 27 heavy (non-hydrogen) atoms. The summed E-state index contributed by atoms with van der Waals surface area (Å²) in [5.74, 6) is -0.790. The number of rotatable bonds is 6. The molecule has 0 spiro atoms. The highest BCUT2D eigenvalue weighted by molar-refractivity contribution is 9.11. The largest absolute Gasteiger partial charge is 0.454 e. The fourth-order valence-electron chi connectivity index (χ4n) is 2.59. The lowest BCUT2D eigenvalue weighted by Gasteiger charge is -2.03. The number of ketones is 1. The summed E-state index contributed by atoms with van der Waals surface area (Å²) in [6.45, 7) is 3.54. The number of halogens is 1. The van der Waals surface area contributed by atoms with Crippen LogP contribution in [0.15, 0.2) is 52.3 Å². The Morgan fingerprint density at radius 1 is 1.19 bits per heavy atom. The third-order valence-corrected chi connectivity index (χ3v) is 5.59. The molecule has 0 saturated carbocycles.